The first kappa shape index (κ1) is 21.8. The van der Waals surface area contributed by atoms with Gasteiger partial charge >= 0.3 is 5.69 Å². The average Bonchev–Trinajstić information content (AvgIpc) is 3.17. The van der Waals surface area contributed by atoms with Crippen LogP contribution in [0.5, 0.6) is 0 Å². The molecule has 3 N–H and O–H groups in total. The van der Waals surface area contributed by atoms with Crippen LogP contribution in [0.3, 0.4) is 0 Å². The molecule has 0 spiro atoms. The van der Waals surface area contributed by atoms with Crippen LogP contribution >= 0.6 is 0 Å². The van der Waals surface area contributed by atoms with Gasteiger partial charge in [0.2, 0.25) is 0 Å². The molecule has 3 aromatic rings. The second-order valence-electron chi connectivity index (χ2n) is 6.83. The Morgan fingerprint density at radius 1 is 1.23 bits per heavy atom. The fraction of sp³-hybridized carbons (Fsp3) is 0.227. The minimum atomic E-state index is -0.751. The summed E-state index contributed by atoms with van der Waals surface area (Å²) in [7, 11) is 1.48. The molecule has 2 aromatic heterocycles. The minimum absolute atomic E-state index is 0.0632. The summed E-state index contributed by atoms with van der Waals surface area (Å²) in [5, 5.41) is 0. The van der Waals surface area contributed by atoms with Crippen LogP contribution in [0.4, 0.5) is 11.5 Å². The summed E-state index contributed by atoms with van der Waals surface area (Å²) < 4.78 is 11.7. The van der Waals surface area contributed by atoms with Gasteiger partial charge in [0.15, 0.2) is 5.69 Å². The van der Waals surface area contributed by atoms with Crippen LogP contribution in [0.15, 0.2) is 62.5 Å². The predicted octanol–water partition coefficient (Wildman–Crippen LogP) is 1.76. The molecule has 0 aliphatic heterocycles. The number of anilines is 2. The van der Waals surface area contributed by atoms with Gasteiger partial charge in [-0.25, -0.2) is 4.79 Å². The second kappa shape index (κ2) is 9.77. The fourth-order valence-electron chi connectivity index (χ4n) is 3.06. The van der Waals surface area contributed by atoms with Crippen molar-refractivity contribution < 1.29 is 13.9 Å². The Balaban J connectivity index is 2.00. The van der Waals surface area contributed by atoms with E-state index in [1.807, 2.05) is 30.3 Å². The lowest BCUT2D eigenvalue weighted by Crippen LogP contribution is -2.42. The van der Waals surface area contributed by atoms with Gasteiger partial charge in [-0.3, -0.25) is 24.0 Å². The highest BCUT2D eigenvalue weighted by Gasteiger charge is 2.23. The number of carbonyl (C=O) groups excluding carboxylic acids is 1. The molecule has 0 bridgehead atoms. The van der Waals surface area contributed by atoms with Gasteiger partial charge in [0, 0.05) is 19.7 Å². The number of methoxy groups -OCH3 is 1. The van der Waals surface area contributed by atoms with Crippen LogP contribution in [-0.2, 0) is 16.1 Å². The smallest absolute Gasteiger partial charge is 0.330 e. The zero-order chi connectivity index (χ0) is 22.4. The Morgan fingerprint density at radius 2 is 1.97 bits per heavy atom. The Kier molecular flexibility index (Phi) is 6.88. The van der Waals surface area contributed by atoms with E-state index in [0.717, 1.165) is 5.56 Å². The maximum atomic E-state index is 12.9. The number of H-pyrrole nitrogens is 1. The Hall–Kier alpha value is -3.85. The first-order valence-corrected chi connectivity index (χ1v) is 9.62. The molecule has 162 valence electrons. The van der Waals surface area contributed by atoms with Gasteiger partial charge in [-0.05, 0) is 30.7 Å². The molecule has 0 unspecified atom stereocenters. The number of aromatic amines is 1. The Bertz CT molecular complexity index is 1190. The maximum absolute atomic E-state index is 12.9. The van der Waals surface area contributed by atoms with Gasteiger partial charge in [0.05, 0.1) is 13.2 Å². The van der Waals surface area contributed by atoms with Crippen molar-refractivity contribution in [3.8, 4) is 0 Å². The van der Waals surface area contributed by atoms with Gasteiger partial charge in [-0.1, -0.05) is 30.3 Å². The van der Waals surface area contributed by atoms with Crippen LogP contribution in [0.2, 0.25) is 0 Å². The summed E-state index contributed by atoms with van der Waals surface area (Å²) >= 11 is 0. The molecular formula is C22H24N4O5. The topological polar surface area (TPSA) is 124 Å². The molecule has 1 aromatic carbocycles. The molecule has 0 fully saturated rings. The largest absolute Gasteiger partial charge is 0.462 e. The van der Waals surface area contributed by atoms with E-state index in [0.29, 0.717) is 11.5 Å². The van der Waals surface area contributed by atoms with Crippen LogP contribution in [0, 0.1) is 6.92 Å². The second-order valence-corrected chi connectivity index (χ2v) is 6.83. The first-order valence-electron chi connectivity index (χ1n) is 9.62. The minimum Gasteiger partial charge on any atom is -0.462 e. The molecule has 2 heterocycles. The number of hydrogen-bond acceptors (Lipinski definition) is 6. The molecule has 0 aliphatic rings. The zero-order valence-corrected chi connectivity index (χ0v) is 17.3. The van der Waals surface area contributed by atoms with E-state index in [4.69, 9.17) is 14.9 Å². The molecule has 0 saturated carbocycles. The van der Waals surface area contributed by atoms with Crippen molar-refractivity contribution in [2.45, 2.75) is 13.5 Å². The van der Waals surface area contributed by atoms with Crippen LogP contribution in [0.1, 0.15) is 17.1 Å². The summed E-state index contributed by atoms with van der Waals surface area (Å²) in [6, 6.07) is 12.7. The third kappa shape index (κ3) is 5.20. The van der Waals surface area contributed by atoms with Gasteiger partial charge in [0.1, 0.15) is 17.3 Å². The molecule has 9 heteroatoms. The first-order chi connectivity index (χ1) is 14.9. The summed E-state index contributed by atoms with van der Waals surface area (Å²) in [4.78, 5) is 41.4. The highest BCUT2D eigenvalue weighted by atomic mass is 16.5. The fourth-order valence-corrected chi connectivity index (χ4v) is 3.06. The normalized spacial score (nSPS) is 11.2. The maximum Gasteiger partial charge on any atom is 0.330 e. The Labute approximate surface area is 178 Å². The number of carbonyl (C=O) groups is 1. The number of nitrogens with two attached hydrogens (primary N) is 1. The average molecular weight is 424 g/mol. The SMILES string of the molecule is COCCN(C(=O)/C=C/c1ccc(C)o1)c1c(N)n(Cc2ccccc2)c(=O)[nH]c1=O. The number of nitrogen functional groups attached to an aromatic ring is 1. The molecule has 1 amide bonds. The van der Waals surface area contributed by atoms with E-state index >= 15 is 0 Å². The van der Waals surface area contributed by atoms with E-state index in [1.165, 1.54) is 28.7 Å². The summed E-state index contributed by atoms with van der Waals surface area (Å²) in [5.41, 5.74) is 5.52. The molecule has 9 nitrogen and oxygen atoms in total. The molecule has 0 radical (unpaired) electrons. The van der Waals surface area contributed by atoms with Crippen molar-refractivity contribution in [2.24, 2.45) is 0 Å². The highest BCUT2D eigenvalue weighted by molar-refractivity contribution is 6.04. The van der Waals surface area contributed by atoms with E-state index < -0.39 is 17.2 Å². The van der Waals surface area contributed by atoms with Gasteiger partial charge in [-0.15, -0.1) is 0 Å². The van der Waals surface area contributed by atoms with Gasteiger partial charge in [-0.2, -0.15) is 0 Å². The van der Waals surface area contributed by atoms with Crippen molar-refractivity contribution in [3.05, 3.63) is 86.5 Å². The summed E-state index contributed by atoms with van der Waals surface area (Å²) in [6.45, 7) is 2.16. The van der Waals surface area contributed by atoms with Crippen LogP contribution in [-0.4, -0.2) is 35.7 Å². The van der Waals surface area contributed by atoms with Crippen molar-refractivity contribution in [1.29, 1.82) is 0 Å². The monoisotopic (exact) mass is 424 g/mol. The number of hydrogen-bond donors (Lipinski definition) is 2. The molecule has 31 heavy (non-hydrogen) atoms. The number of benzene rings is 1. The molecule has 0 atom stereocenters. The van der Waals surface area contributed by atoms with E-state index in [2.05, 4.69) is 4.98 Å². The summed E-state index contributed by atoms with van der Waals surface area (Å²) in [5.74, 6) is 0.586. The molecular weight excluding hydrogens is 400 g/mol. The lowest BCUT2D eigenvalue weighted by molar-refractivity contribution is -0.114. The van der Waals surface area contributed by atoms with E-state index in [9.17, 15) is 14.4 Å². The number of nitrogens with one attached hydrogen (secondary N) is 1. The number of ether oxygens (including phenoxy) is 1. The summed E-state index contributed by atoms with van der Waals surface area (Å²) in [6.07, 6.45) is 2.78. The lowest BCUT2D eigenvalue weighted by atomic mass is 10.2. The lowest BCUT2D eigenvalue weighted by Gasteiger charge is -2.23. The third-order valence-electron chi connectivity index (χ3n) is 4.60. The highest BCUT2D eigenvalue weighted by Crippen LogP contribution is 2.19. The van der Waals surface area contributed by atoms with E-state index in [-0.39, 0.29) is 31.2 Å². The number of aryl methyl sites for hydroxylation is 1. The van der Waals surface area contributed by atoms with Crippen molar-refractivity contribution in [3.63, 3.8) is 0 Å². The van der Waals surface area contributed by atoms with Crippen molar-refractivity contribution in [1.82, 2.24) is 9.55 Å². The third-order valence-corrected chi connectivity index (χ3v) is 4.60. The van der Waals surface area contributed by atoms with Crippen LogP contribution < -0.4 is 21.9 Å². The molecule has 3 rings (SSSR count). The van der Waals surface area contributed by atoms with Crippen molar-refractivity contribution in [2.75, 3.05) is 30.9 Å². The molecule has 0 aliphatic carbocycles. The Morgan fingerprint density at radius 3 is 2.61 bits per heavy atom. The predicted molar refractivity (Wildman–Crippen MR) is 118 cm³/mol. The van der Waals surface area contributed by atoms with E-state index in [1.54, 1.807) is 19.1 Å². The quantitative estimate of drug-likeness (QED) is 0.531. The number of amides is 1. The number of nitrogens with zero attached hydrogens (tertiary/aromatic N) is 2. The molecule has 0 saturated heterocycles. The number of aromatic nitrogens is 2. The zero-order valence-electron chi connectivity index (χ0n) is 17.3. The number of furan rings is 1. The van der Waals surface area contributed by atoms with Gasteiger partial charge in [0.25, 0.3) is 11.5 Å². The van der Waals surface area contributed by atoms with Crippen LogP contribution in [0.25, 0.3) is 6.08 Å². The van der Waals surface area contributed by atoms with Gasteiger partial charge < -0.3 is 14.9 Å². The number of rotatable bonds is 8. The van der Waals surface area contributed by atoms with Crippen molar-refractivity contribution >= 4 is 23.5 Å². The standard InChI is InChI=1S/C22H24N4O5/c1-15-8-9-17(31-15)10-11-18(27)25(12-13-30-2)19-20(23)26(22(29)24-21(19)28)14-16-6-4-3-5-7-16/h3-11H,12-14,23H2,1-2H3,(H,24,28,29)/b11-10+.